The summed E-state index contributed by atoms with van der Waals surface area (Å²) in [6.07, 6.45) is 1.65. The Balaban J connectivity index is 1.98. The number of aromatic nitrogens is 4. The van der Waals surface area contributed by atoms with Crippen LogP contribution in [0, 0.1) is 6.92 Å². The van der Waals surface area contributed by atoms with E-state index < -0.39 is 0 Å². The predicted octanol–water partition coefficient (Wildman–Crippen LogP) is 2.16. The van der Waals surface area contributed by atoms with Crippen LogP contribution in [-0.2, 0) is 20.1 Å². The van der Waals surface area contributed by atoms with Gasteiger partial charge >= 0.3 is 5.69 Å². The van der Waals surface area contributed by atoms with Crippen molar-refractivity contribution in [2.24, 2.45) is 7.05 Å². The van der Waals surface area contributed by atoms with Crippen LogP contribution in [0.4, 0.5) is 11.6 Å². The standard InChI is InChI=1S/C19H23N5O2/c1-4-10-24-17(25)15-16(21(3)19(24)26)20-18-22(11-5-12-23(15)18)14-8-6-13(2)7-9-14/h6-9H,4-5,10-12H2,1-3H3. The van der Waals surface area contributed by atoms with E-state index in [1.165, 1.54) is 14.7 Å². The summed E-state index contributed by atoms with van der Waals surface area (Å²) in [7, 11) is 1.69. The molecule has 1 aliphatic rings. The summed E-state index contributed by atoms with van der Waals surface area (Å²) >= 11 is 0. The molecule has 3 heterocycles. The summed E-state index contributed by atoms with van der Waals surface area (Å²) in [4.78, 5) is 32.4. The van der Waals surface area contributed by atoms with E-state index in [9.17, 15) is 9.59 Å². The molecule has 26 heavy (non-hydrogen) atoms. The zero-order chi connectivity index (χ0) is 18.4. The lowest BCUT2D eigenvalue weighted by Crippen LogP contribution is -2.39. The van der Waals surface area contributed by atoms with Crippen molar-refractivity contribution in [3.8, 4) is 0 Å². The number of rotatable bonds is 3. The lowest BCUT2D eigenvalue weighted by molar-refractivity contribution is 0.579. The second-order valence-corrected chi connectivity index (χ2v) is 6.87. The SMILES string of the molecule is CCCn1c(=O)c2c(nc3n2CCCN3c2ccc(C)cc2)n(C)c1=O. The molecule has 0 amide bonds. The Bertz CT molecular complexity index is 1090. The second-order valence-electron chi connectivity index (χ2n) is 6.87. The van der Waals surface area contributed by atoms with Crippen molar-refractivity contribution in [1.29, 1.82) is 0 Å². The lowest BCUT2D eigenvalue weighted by atomic mass is 10.2. The molecule has 0 spiro atoms. The van der Waals surface area contributed by atoms with Crippen LogP contribution in [0.25, 0.3) is 11.2 Å². The lowest BCUT2D eigenvalue weighted by Gasteiger charge is -2.29. The summed E-state index contributed by atoms with van der Waals surface area (Å²) in [6, 6.07) is 8.28. The molecule has 0 bridgehead atoms. The average Bonchev–Trinajstić information content (AvgIpc) is 3.04. The minimum atomic E-state index is -0.304. The van der Waals surface area contributed by atoms with Gasteiger partial charge in [0.05, 0.1) is 0 Å². The van der Waals surface area contributed by atoms with Crippen LogP contribution < -0.4 is 16.1 Å². The number of hydrogen-bond acceptors (Lipinski definition) is 4. The van der Waals surface area contributed by atoms with Crippen molar-refractivity contribution >= 4 is 22.8 Å². The highest BCUT2D eigenvalue weighted by Gasteiger charge is 2.26. The molecule has 0 N–H and O–H groups in total. The Morgan fingerprint density at radius 1 is 1.12 bits per heavy atom. The summed E-state index contributed by atoms with van der Waals surface area (Å²) in [5, 5.41) is 0. The van der Waals surface area contributed by atoms with Gasteiger partial charge in [0.1, 0.15) is 0 Å². The molecule has 0 unspecified atom stereocenters. The molecule has 7 heteroatoms. The van der Waals surface area contributed by atoms with Crippen LogP contribution in [0.1, 0.15) is 25.3 Å². The van der Waals surface area contributed by atoms with Gasteiger partial charge < -0.3 is 9.47 Å². The van der Waals surface area contributed by atoms with Gasteiger partial charge in [0.25, 0.3) is 5.56 Å². The first-order chi connectivity index (χ1) is 12.5. The summed E-state index contributed by atoms with van der Waals surface area (Å²) in [5.74, 6) is 0.733. The maximum absolute atomic E-state index is 13.0. The highest BCUT2D eigenvalue weighted by Crippen LogP contribution is 2.30. The van der Waals surface area contributed by atoms with Gasteiger partial charge in [-0.25, -0.2) is 4.79 Å². The molecule has 0 saturated carbocycles. The molecule has 1 aromatic carbocycles. The highest BCUT2D eigenvalue weighted by molar-refractivity contribution is 5.77. The largest absolute Gasteiger partial charge is 0.332 e. The maximum Gasteiger partial charge on any atom is 0.332 e. The fourth-order valence-corrected chi connectivity index (χ4v) is 3.65. The smallest absolute Gasteiger partial charge is 0.312 e. The molecule has 0 radical (unpaired) electrons. The average molecular weight is 353 g/mol. The zero-order valence-electron chi connectivity index (χ0n) is 15.4. The number of nitrogens with zero attached hydrogens (tertiary/aromatic N) is 5. The number of benzene rings is 1. The third-order valence-corrected chi connectivity index (χ3v) is 5.01. The predicted molar refractivity (Wildman–Crippen MR) is 102 cm³/mol. The molecule has 7 nitrogen and oxygen atoms in total. The van der Waals surface area contributed by atoms with Gasteiger partial charge in [-0.2, -0.15) is 4.98 Å². The molecule has 136 valence electrons. The van der Waals surface area contributed by atoms with Gasteiger partial charge in [0, 0.05) is 32.4 Å². The minimum absolute atomic E-state index is 0.241. The number of hydrogen-bond donors (Lipinski definition) is 0. The Labute approximate surface area is 151 Å². The number of imidazole rings is 1. The monoisotopic (exact) mass is 353 g/mol. The van der Waals surface area contributed by atoms with Crippen molar-refractivity contribution < 1.29 is 0 Å². The van der Waals surface area contributed by atoms with Gasteiger partial charge in [-0.1, -0.05) is 24.6 Å². The van der Waals surface area contributed by atoms with Crippen molar-refractivity contribution in [1.82, 2.24) is 18.7 Å². The molecule has 3 aromatic rings. The normalized spacial score (nSPS) is 14.0. The number of anilines is 2. The third-order valence-electron chi connectivity index (χ3n) is 5.01. The Morgan fingerprint density at radius 2 is 1.85 bits per heavy atom. The van der Waals surface area contributed by atoms with E-state index in [2.05, 4.69) is 36.1 Å². The molecular formula is C19H23N5O2. The van der Waals surface area contributed by atoms with E-state index in [1.54, 1.807) is 7.05 Å². The molecule has 2 aromatic heterocycles. The molecule has 4 rings (SSSR count). The highest BCUT2D eigenvalue weighted by atomic mass is 16.2. The van der Waals surface area contributed by atoms with Crippen molar-refractivity contribution in [3.63, 3.8) is 0 Å². The summed E-state index contributed by atoms with van der Waals surface area (Å²) < 4.78 is 4.78. The van der Waals surface area contributed by atoms with E-state index in [-0.39, 0.29) is 11.2 Å². The van der Waals surface area contributed by atoms with Gasteiger partial charge in [0.15, 0.2) is 11.2 Å². The van der Waals surface area contributed by atoms with Crippen LogP contribution in [0.15, 0.2) is 33.9 Å². The molecular weight excluding hydrogens is 330 g/mol. The zero-order valence-corrected chi connectivity index (χ0v) is 15.4. The van der Waals surface area contributed by atoms with Crippen molar-refractivity contribution in [2.45, 2.75) is 39.8 Å². The summed E-state index contributed by atoms with van der Waals surface area (Å²) in [5.41, 5.74) is 2.68. The first-order valence-corrected chi connectivity index (χ1v) is 9.07. The molecule has 0 saturated heterocycles. The van der Waals surface area contributed by atoms with Gasteiger partial charge in [-0.15, -0.1) is 0 Å². The van der Waals surface area contributed by atoms with E-state index in [0.29, 0.717) is 17.7 Å². The molecule has 0 atom stereocenters. The first kappa shape index (κ1) is 16.6. The van der Waals surface area contributed by atoms with Crippen LogP contribution in [-0.4, -0.2) is 25.2 Å². The summed E-state index contributed by atoms with van der Waals surface area (Å²) in [6.45, 7) is 6.00. The van der Waals surface area contributed by atoms with Crippen LogP contribution >= 0.6 is 0 Å². The Morgan fingerprint density at radius 3 is 2.54 bits per heavy atom. The second kappa shape index (κ2) is 6.16. The maximum atomic E-state index is 13.0. The van der Waals surface area contributed by atoms with E-state index in [0.717, 1.165) is 37.6 Å². The molecule has 1 aliphatic heterocycles. The van der Waals surface area contributed by atoms with Crippen molar-refractivity contribution in [3.05, 3.63) is 50.7 Å². The van der Waals surface area contributed by atoms with E-state index in [1.807, 2.05) is 11.5 Å². The van der Waals surface area contributed by atoms with Crippen LogP contribution in [0.3, 0.4) is 0 Å². The van der Waals surface area contributed by atoms with Crippen LogP contribution in [0.5, 0.6) is 0 Å². The fraction of sp³-hybridized carbons (Fsp3) is 0.421. The number of aryl methyl sites for hydroxylation is 3. The van der Waals surface area contributed by atoms with E-state index >= 15 is 0 Å². The van der Waals surface area contributed by atoms with Crippen molar-refractivity contribution in [2.75, 3.05) is 11.4 Å². The fourth-order valence-electron chi connectivity index (χ4n) is 3.65. The van der Waals surface area contributed by atoms with E-state index in [4.69, 9.17) is 4.98 Å². The molecule has 0 aliphatic carbocycles. The first-order valence-electron chi connectivity index (χ1n) is 9.07. The topological polar surface area (TPSA) is 65.1 Å². The van der Waals surface area contributed by atoms with Gasteiger partial charge in [-0.3, -0.25) is 13.9 Å². The molecule has 0 fully saturated rings. The quantitative estimate of drug-likeness (QED) is 0.724. The Hall–Kier alpha value is -2.83. The minimum Gasteiger partial charge on any atom is -0.312 e. The third kappa shape index (κ3) is 2.38. The Kier molecular flexibility index (Phi) is 3.94. The van der Waals surface area contributed by atoms with Gasteiger partial charge in [0.2, 0.25) is 5.95 Å². The van der Waals surface area contributed by atoms with Crippen LogP contribution in [0.2, 0.25) is 0 Å². The number of fused-ring (bicyclic) bond motifs is 3. The van der Waals surface area contributed by atoms with Gasteiger partial charge in [-0.05, 0) is 31.9 Å².